The third-order valence-corrected chi connectivity index (χ3v) is 5.09. The Morgan fingerprint density at radius 3 is 2.27 bits per heavy atom. The highest BCUT2D eigenvalue weighted by molar-refractivity contribution is 7.92. The van der Waals surface area contributed by atoms with Gasteiger partial charge in [-0.25, -0.2) is 8.42 Å². The van der Waals surface area contributed by atoms with Crippen LogP contribution in [0, 0.1) is 0 Å². The predicted molar refractivity (Wildman–Crippen MR) is 115 cm³/mol. The number of sulfonamides is 1. The Balaban J connectivity index is 1.99. The van der Waals surface area contributed by atoms with Crippen molar-refractivity contribution >= 4 is 21.7 Å². The molecule has 9 heteroatoms. The molecule has 0 bridgehead atoms. The van der Waals surface area contributed by atoms with Crippen LogP contribution in [0.2, 0.25) is 0 Å². The van der Waals surface area contributed by atoms with Crippen molar-refractivity contribution in [3.8, 4) is 5.75 Å². The van der Waals surface area contributed by atoms with Crippen molar-refractivity contribution in [3.63, 3.8) is 0 Å². The molecular weight excluding hydrogens is 408 g/mol. The second-order valence-corrected chi connectivity index (χ2v) is 9.74. The molecule has 0 aliphatic carbocycles. The lowest BCUT2D eigenvalue weighted by molar-refractivity contribution is -0.136. The van der Waals surface area contributed by atoms with Crippen molar-refractivity contribution in [2.75, 3.05) is 17.5 Å². The molecule has 0 spiro atoms. The van der Waals surface area contributed by atoms with Crippen LogP contribution in [0.3, 0.4) is 0 Å². The summed E-state index contributed by atoms with van der Waals surface area (Å²) >= 11 is 0. The van der Waals surface area contributed by atoms with Crippen LogP contribution >= 0.6 is 0 Å². The molecule has 2 rings (SSSR count). The van der Waals surface area contributed by atoms with Crippen molar-refractivity contribution in [2.45, 2.75) is 38.3 Å². The van der Waals surface area contributed by atoms with E-state index in [0.717, 1.165) is 17.4 Å². The highest BCUT2D eigenvalue weighted by atomic mass is 32.2. The molecule has 5 N–H and O–H groups in total. The van der Waals surface area contributed by atoms with Gasteiger partial charge in [-0.05, 0) is 49.1 Å². The Bertz CT molecular complexity index is 987. The average molecular weight is 437 g/mol. The fraction of sp³-hybridized carbons (Fsp3) is 0.381. The summed E-state index contributed by atoms with van der Waals surface area (Å²) in [7, 11) is -3.56. The van der Waals surface area contributed by atoms with E-state index in [0.29, 0.717) is 12.0 Å². The minimum absolute atomic E-state index is 0.00904. The number of carboxylic acid groups (broad SMARTS) is 1. The zero-order valence-electron chi connectivity index (χ0n) is 17.2. The van der Waals surface area contributed by atoms with Crippen LogP contribution in [0.25, 0.3) is 0 Å². The number of carboxylic acids is 1. The first kappa shape index (κ1) is 23.7. The standard InChI is InChI=1S/C21H28N2O6S/c1-21(2,12-15-6-4-14(5-7-15)10-20(26)27)22-13-19(25)16-8-9-18(24)17(11-16)23-30(3,28)29/h4-9,11,19,22-25H,10,12-13H2,1-3H3,(H,26,27). The molecule has 8 nitrogen and oxygen atoms in total. The smallest absolute Gasteiger partial charge is 0.307 e. The summed E-state index contributed by atoms with van der Waals surface area (Å²) in [6.45, 7) is 4.18. The van der Waals surface area contributed by atoms with Crippen molar-refractivity contribution in [3.05, 3.63) is 59.2 Å². The van der Waals surface area contributed by atoms with E-state index in [1.165, 1.54) is 18.2 Å². The summed E-state index contributed by atoms with van der Waals surface area (Å²) in [5.74, 6) is -1.10. The monoisotopic (exact) mass is 436 g/mol. The molecule has 1 unspecified atom stereocenters. The number of nitrogens with one attached hydrogen (secondary N) is 2. The van der Waals surface area contributed by atoms with Gasteiger partial charge in [0, 0.05) is 12.1 Å². The van der Waals surface area contributed by atoms with Gasteiger partial charge in [0.1, 0.15) is 5.75 Å². The Kier molecular flexibility index (Phi) is 7.46. The SMILES string of the molecule is CC(C)(Cc1ccc(CC(=O)O)cc1)NCC(O)c1ccc(O)c(NS(C)(=O)=O)c1. The summed E-state index contributed by atoms with van der Waals surface area (Å²) in [5, 5.41) is 32.5. The van der Waals surface area contributed by atoms with Gasteiger partial charge in [-0.3, -0.25) is 9.52 Å². The largest absolute Gasteiger partial charge is 0.506 e. The van der Waals surface area contributed by atoms with Gasteiger partial charge in [-0.2, -0.15) is 0 Å². The van der Waals surface area contributed by atoms with Gasteiger partial charge in [0.05, 0.1) is 24.5 Å². The van der Waals surface area contributed by atoms with Crippen LogP contribution in [-0.2, 0) is 27.7 Å². The third kappa shape index (κ3) is 7.66. The number of phenols is 1. The van der Waals surface area contributed by atoms with Gasteiger partial charge in [-0.1, -0.05) is 30.3 Å². The van der Waals surface area contributed by atoms with E-state index in [9.17, 15) is 23.4 Å². The maximum Gasteiger partial charge on any atom is 0.307 e. The second-order valence-electron chi connectivity index (χ2n) is 8.00. The third-order valence-electron chi connectivity index (χ3n) is 4.50. The number of carbonyl (C=O) groups is 1. The lowest BCUT2D eigenvalue weighted by atomic mass is 9.93. The minimum atomic E-state index is -3.56. The van der Waals surface area contributed by atoms with E-state index >= 15 is 0 Å². The number of anilines is 1. The summed E-state index contributed by atoms with van der Waals surface area (Å²) < 4.78 is 25.0. The number of aliphatic hydroxyl groups is 1. The number of rotatable bonds is 10. The summed E-state index contributed by atoms with van der Waals surface area (Å²) in [4.78, 5) is 10.8. The number of hydrogen-bond donors (Lipinski definition) is 5. The van der Waals surface area contributed by atoms with Crippen LogP contribution < -0.4 is 10.0 Å². The fourth-order valence-electron chi connectivity index (χ4n) is 3.06. The van der Waals surface area contributed by atoms with Crippen LogP contribution in [0.4, 0.5) is 5.69 Å². The van der Waals surface area contributed by atoms with Crippen molar-refractivity contribution in [1.82, 2.24) is 5.32 Å². The van der Waals surface area contributed by atoms with E-state index in [-0.39, 0.29) is 29.9 Å². The van der Waals surface area contributed by atoms with Gasteiger partial charge in [0.15, 0.2) is 0 Å². The molecule has 0 saturated carbocycles. The lowest BCUT2D eigenvalue weighted by Crippen LogP contribution is -2.43. The maximum atomic E-state index is 11.4. The zero-order chi connectivity index (χ0) is 22.5. The van der Waals surface area contributed by atoms with Gasteiger partial charge in [-0.15, -0.1) is 0 Å². The highest BCUT2D eigenvalue weighted by Gasteiger charge is 2.20. The molecule has 1 atom stereocenters. The average Bonchev–Trinajstić information content (AvgIpc) is 2.61. The molecule has 164 valence electrons. The first-order valence-electron chi connectivity index (χ1n) is 9.38. The van der Waals surface area contributed by atoms with Crippen molar-refractivity contribution in [2.24, 2.45) is 0 Å². The van der Waals surface area contributed by atoms with Crippen LogP contribution in [0.1, 0.15) is 36.6 Å². The summed E-state index contributed by atoms with van der Waals surface area (Å²) in [6.07, 6.45) is 0.705. The highest BCUT2D eigenvalue weighted by Crippen LogP contribution is 2.28. The molecule has 0 aliphatic rings. The Morgan fingerprint density at radius 1 is 1.10 bits per heavy atom. The van der Waals surface area contributed by atoms with Crippen molar-refractivity contribution in [1.29, 1.82) is 0 Å². The van der Waals surface area contributed by atoms with E-state index in [1.54, 1.807) is 12.1 Å². The predicted octanol–water partition coefficient (Wildman–Crippen LogP) is 2.04. The number of aromatic hydroxyl groups is 1. The Labute approximate surface area is 176 Å². The normalized spacial score (nSPS) is 13.1. The molecule has 0 saturated heterocycles. The maximum absolute atomic E-state index is 11.4. The summed E-state index contributed by atoms with van der Waals surface area (Å²) in [5.41, 5.74) is 1.87. The van der Waals surface area contributed by atoms with Crippen molar-refractivity contribution < 1.29 is 28.5 Å². The van der Waals surface area contributed by atoms with Gasteiger partial charge in [0.25, 0.3) is 0 Å². The Hall–Kier alpha value is -2.62. The molecule has 0 amide bonds. The molecule has 0 radical (unpaired) electrons. The number of phenolic OH excluding ortho intramolecular Hbond substituents is 1. The van der Waals surface area contributed by atoms with E-state index in [1.807, 2.05) is 26.0 Å². The van der Waals surface area contributed by atoms with Gasteiger partial charge in [0.2, 0.25) is 10.0 Å². The van der Waals surface area contributed by atoms with Gasteiger partial charge < -0.3 is 20.6 Å². The first-order valence-corrected chi connectivity index (χ1v) is 11.3. The Morgan fingerprint density at radius 2 is 1.70 bits per heavy atom. The molecular formula is C21H28N2O6S. The molecule has 0 heterocycles. The molecule has 2 aromatic rings. The number of β-amino-alcohol motifs (C(OH)–C–C–N with tert-alkyl or cyclic N) is 1. The zero-order valence-corrected chi connectivity index (χ0v) is 18.0. The van der Waals surface area contributed by atoms with Crippen LogP contribution in [0.5, 0.6) is 5.75 Å². The number of hydrogen-bond acceptors (Lipinski definition) is 6. The fourth-order valence-corrected chi connectivity index (χ4v) is 3.62. The number of benzene rings is 2. The molecule has 0 aromatic heterocycles. The second kappa shape index (κ2) is 9.46. The van der Waals surface area contributed by atoms with Crippen LogP contribution in [0.15, 0.2) is 42.5 Å². The first-order chi connectivity index (χ1) is 13.8. The quantitative estimate of drug-likeness (QED) is 0.360. The number of aliphatic carboxylic acids is 1. The molecule has 0 fully saturated rings. The number of aliphatic hydroxyl groups excluding tert-OH is 1. The van der Waals surface area contributed by atoms with Gasteiger partial charge >= 0.3 is 5.97 Å². The lowest BCUT2D eigenvalue weighted by Gasteiger charge is -2.28. The topological polar surface area (TPSA) is 136 Å². The molecule has 0 aliphatic heterocycles. The molecule has 30 heavy (non-hydrogen) atoms. The van der Waals surface area contributed by atoms with E-state index in [2.05, 4.69) is 10.0 Å². The van der Waals surface area contributed by atoms with E-state index < -0.39 is 22.1 Å². The van der Waals surface area contributed by atoms with E-state index in [4.69, 9.17) is 5.11 Å². The minimum Gasteiger partial charge on any atom is -0.506 e. The van der Waals surface area contributed by atoms with Crippen LogP contribution in [-0.4, -0.2) is 48.0 Å². The summed E-state index contributed by atoms with van der Waals surface area (Å²) in [6, 6.07) is 11.6. The molecule has 2 aromatic carbocycles.